The van der Waals surface area contributed by atoms with Gasteiger partial charge in [-0.2, -0.15) is 0 Å². The Morgan fingerprint density at radius 3 is 2.55 bits per heavy atom. The highest BCUT2D eigenvalue weighted by Crippen LogP contribution is 2.33. The first-order valence-electron chi connectivity index (χ1n) is 7.14. The summed E-state index contributed by atoms with van der Waals surface area (Å²) in [6.07, 6.45) is 2.22. The highest BCUT2D eigenvalue weighted by atomic mass is 32.2. The van der Waals surface area contributed by atoms with Gasteiger partial charge in [0.15, 0.2) is 0 Å². The van der Waals surface area contributed by atoms with Gasteiger partial charge in [-0.15, -0.1) is 0 Å². The van der Waals surface area contributed by atoms with E-state index in [4.69, 9.17) is 4.42 Å². The molecule has 5 nitrogen and oxygen atoms in total. The zero-order valence-electron chi connectivity index (χ0n) is 12.6. The molecule has 1 aromatic rings. The molecule has 20 heavy (non-hydrogen) atoms. The largest absolute Gasteiger partial charge is 0.464 e. The van der Waals surface area contributed by atoms with Gasteiger partial charge in [0.1, 0.15) is 16.4 Å². The fourth-order valence-corrected chi connectivity index (χ4v) is 3.70. The molecule has 0 aromatic carbocycles. The van der Waals surface area contributed by atoms with E-state index in [1.54, 1.807) is 13.0 Å². The molecule has 0 radical (unpaired) electrons. The first-order valence-corrected chi connectivity index (χ1v) is 8.63. The van der Waals surface area contributed by atoms with Crippen molar-refractivity contribution in [3.8, 4) is 0 Å². The molecule has 1 aliphatic carbocycles. The van der Waals surface area contributed by atoms with Crippen LogP contribution in [0, 0.1) is 12.8 Å². The van der Waals surface area contributed by atoms with Gasteiger partial charge in [-0.05, 0) is 32.6 Å². The van der Waals surface area contributed by atoms with E-state index in [1.165, 1.54) is 0 Å². The number of furan rings is 1. The van der Waals surface area contributed by atoms with E-state index in [2.05, 4.69) is 10.0 Å². The van der Waals surface area contributed by atoms with E-state index in [9.17, 15) is 8.42 Å². The summed E-state index contributed by atoms with van der Waals surface area (Å²) >= 11 is 0. The lowest BCUT2D eigenvalue weighted by atomic mass is 10.2. The molecular formula is C14H24N2O3S. The molecule has 0 saturated heterocycles. The molecule has 1 heterocycles. The summed E-state index contributed by atoms with van der Waals surface area (Å²) in [6.45, 7) is 8.21. The van der Waals surface area contributed by atoms with Gasteiger partial charge in [0.05, 0.1) is 6.54 Å². The zero-order chi connectivity index (χ0) is 14.9. The topological polar surface area (TPSA) is 71.3 Å². The molecule has 1 fully saturated rings. The lowest BCUT2D eigenvalue weighted by Gasteiger charge is -2.12. The Morgan fingerprint density at radius 2 is 2.00 bits per heavy atom. The third-order valence-corrected chi connectivity index (χ3v) is 5.23. The Morgan fingerprint density at radius 1 is 1.35 bits per heavy atom. The molecule has 1 aromatic heterocycles. The first-order chi connectivity index (χ1) is 9.29. The number of rotatable bonds is 7. The number of nitrogens with one attached hydrogen (secondary N) is 2. The molecule has 0 spiro atoms. The van der Waals surface area contributed by atoms with Crippen molar-refractivity contribution in [2.75, 3.05) is 0 Å². The smallest absolute Gasteiger partial charge is 0.244 e. The van der Waals surface area contributed by atoms with Crippen molar-refractivity contribution < 1.29 is 12.8 Å². The van der Waals surface area contributed by atoms with E-state index >= 15 is 0 Å². The maximum Gasteiger partial charge on any atom is 0.244 e. The summed E-state index contributed by atoms with van der Waals surface area (Å²) < 4.78 is 33.0. The molecule has 1 aliphatic rings. The van der Waals surface area contributed by atoms with Crippen LogP contribution in [0.1, 0.15) is 45.1 Å². The fraction of sp³-hybridized carbons (Fsp3) is 0.714. The fourth-order valence-electron chi connectivity index (χ4n) is 2.18. The van der Waals surface area contributed by atoms with Gasteiger partial charge in [0.25, 0.3) is 0 Å². The van der Waals surface area contributed by atoms with Crippen molar-refractivity contribution in [3.63, 3.8) is 0 Å². The molecular weight excluding hydrogens is 276 g/mol. The summed E-state index contributed by atoms with van der Waals surface area (Å²) in [5.41, 5.74) is 0. The molecule has 0 aliphatic heterocycles. The normalized spacial score (nSPS) is 17.6. The van der Waals surface area contributed by atoms with Crippen molar-refractivity contribution in [2.24, 2.45) is 5.92 Å². The van der Waals surface area contributed by atoms with E-state index in [0.29, 0.717) is 30.0 Å². The molecule has 1 unspecified atom stereocenters. The third kappa shape index (κ3) is 3.84. The minimum atomic E-state index is -3.48. The number of hydrogen-bond acceptors (Lipinski definition) is 4. The maximum atomic E-state index is 12.4. The Kier molecular flexibility index (Phi) is 4.56. The van der Waals surface area contributed by atoms with Crippen LogP contribution >= 0.6 is 0 Å². The number of sulfonamides is 1. The zero-order valence-corrected chi connectivity index (χ0v) is 13.4. The maximum absolute atomic E-state index is 12.4. The van der Waals surface area contributed by atoms with Crippen molar-refractivity contribution >= 4 is 10.0 Å². The Balaban J connectivity index is 2.10. The van der Waals surface area contributed by atoms with Gasteiger partial charge in [0.2, 0.25) is 10.0 Å². The summed E-state index contributed by atoms with van der Waals surface area (Å²) in [6, 6.07) is 1.94. The molecule has 2 N–H and O–H groups in total. The van der Waals surface area contributed by atoms with E-state index in [-0.39, 0.29) is 10.9 Å². The van der Waals surface area contributed by atoms with Crippen LogP contribution in [-0.2, 0) is 16.6 Å². The molecule has 0 amide bonds. The van der Waals surface area contributed by atoms with Crippen LogP contribution in [0.2, 0.25) is 0 Å². The highest BCUT2D eigenvalue weighted by Gasteiger charge is 2.32. The molecule has 0 bridgehead atoms. The Labute approximate surface area is 121 Å². The van der Waals surface area contributed by atoms with Crippen molar-refractivity contribution in [2.45, 2.75) is 64.1 Å². The van der Waals surface area contributed by atoms with Gasteiger partial charge in [-0.3, -0.25) is 0 Å². The van der Waals surface area contributed by atoms with Crippen molar-refractivity contribution in [1.82, 2.24) is 10.0 Å². The van der Waals surface area contributed by atoms with Crippen molar-refractivity contribution in [3.05, 3.63) is 17.6 Å². The Bertz CT molecular complexity index is 559. The van der Waals surface area contributed by atoms with Crippen LogP contribution in [0.4, 0.5) is 0 Å². The minimum Gasteiger partial charge on any atom is -0.464 e. The summed E-state index contributed by atoms with van der Waals surface area (Å²) in [5.74, 6) is 1.58. The quantitative estimate of drug-likeness (QED) is 0.809. The van der Waals surface area contributed by atoms with Crippen LogP contribution < -0.4 is 10.0 Å². The lowest BCUT2D eigenvalue weighted by molar-refractivity contribution is 0.443. The number of hydrogen-bond donors (Lipinski definition) is 2. The average Bonchev–Trinajstić information content (AvgIpc) is 3.10. The highest BCUT2D eigenvalue weighted by molar-refractivity contribution is 7.89. The van der Waals surface area contributed by atoms with Crippen LogP contribution in [0.25, 0.3) is 0 Å². The average molecular weight is 300 g/mol. The number of aryl methyl sites for hydroxylation is 1. The van der Waals surface area contributed by atoms with E-state index in [1.807, 2.05) is 20.8 Å². The molecule has 2 rings (SSSR count). The van der Waals surface area contributed by atoms with E-state index in [0.717, 1.165) is 12.8 Å². The van der Waals surface area contributed by atoms with Gasteiger partial charge >= 0.3 is 0 Å². The second-order valence-electron chi connectivity index (χ2n) is 5.92. The van der Waals surface area contributed by atoms with Crippen LogP contribution in [-0.4, -0.2) is 20.5 Å². The molecule has 6 heteroatoms. The van der Waals surface area contributed by atoms with Crippen LogP contribution in [0.5, 0.6) is 0 Å². The second-order valence-corrected chi connectivity index (χ2v) is 7.60. The van der Waals surface area contributed by atoms with Crippen LogP contribution in [0.15, 0.2) is 15.4 Å². The second kappa shape index (κ2) is 5.87. The van der Waals surface area contributed by atoms with Gasteiger partial charge in [-0.1, -0.05) is 13.8 Å². The van der Waals surface area contributed by atoms with Gasteiger partial charge < -0.3 is 9.73 Å². The third-order valence-electron chi connectivity index (χ3n) is 3.57. The van der Waals surface area contributed by atoms with Crippen LogP contribution in [0.3, 0.4) is 0 Å². The van der Waals surface area contributed by atoms with Crippen molar-refractivity contribution in [1.29, 1.82) is 0 Å². The predicted molar refractivity (Wildman–Crippen MR) is 77.9 cm³/mol. The van der Waals surface area contributed by atoms with Gasteiger partial charge in [0, 0.05) is 18.2 Å². The van der Waals surface area contributed by atoms with Gasteiger partial charge in [-0.25, -0.2) is 13.1 Å². The summed E-state index contributed by atoms with van der Waals surface area (Å²) in [4.78, 5) is 0.255. The van der Waals surface area contributed by atoms with E-state index < -0.39 is 10.0 Å². The first kappa shape index (κ1) is 15.5. The predicted octanol–water partition coefficient (Wildman–Crippen LogP) is 2.16. The SMILES string of the molecule is Cc1oc(CNC(C)C)cc1S(=O)(=O)NC(C)C1CC1. The molecule has 1 saturated carbocycles. The molecule has 114 valence electrons. The lowest BCUT2D eigenvalue weighted by Crippen LogP contribution is -2.34. The summed E-state index contributed by atoms with van der Waals surface area (Å²) in [7, 11) is -3.48. The minimum absolute atomic E-state index is 0.00783. The monoisotopic (exact) mass is 300 g/mol. The molecule has 1 atom stereocenters. The Hall–Kier alpha value is -0.850. The standard InChI is InChI=1S/C14H24N2O3S/c1-9(2)15-8-13-7-14(11(4)19-13)20(17,18)16-10(3)12-5-6-12/h7,9-10,12,15-16H,5-6,8H2,1-4H3. The summed E-state index contributed by atoms with van der Waals surface area (Å²) in [5, 5.41) is 3.21.